The van der Waals surface area contributed by atoms with Crippen molar-refractivity contribution in [3.63, 3.8) is 0 Å². The molecule has 0 spiro atoms. The van der Waals surface area contributed by atoms with E-state index in [9.17, 15) is 4.79 Å². The fourth-order valence-electron chi connectivity index (χ4n) is 1.00. The lowest BCUT2D eigenvalue weighted by Crippen LogP contribution is -2.12. The largest absolute Gasteiger partial charge is 0.411 e. The molecule has 0 aromatic carbocycles. The topological polar surface area (TPSA) is 49.7 Å². The zero-order chi connectivity index (χ0) is 9.40. The lowest BCUT2D eigenvalue weighted by molar-refractivity contribution is -0.113. The predicted octanol–water partition coefficient (Wildman–Crippen LogP) is 2.38. The molecule has 0 amide bonds. The molecule has 1 N–H and O–H groups in total. The maximum atomic E-state index is 11.2. The summed E-state index contributed by atoms with van der Waals surface area (Å²) in [7, 11) is 0. The van der Waals surface area contributed by atoms with Gasteiger partial charge in [-0.3, -0.25) is 4.79 Å². The van der Waals surface area contributed by atoms with Gasteiger partial charge in [0.25, 0.3) is 0 Å². The van der Waals surface area contributed by atoms with Crippen LogP contribution in [0.25, 0.3) is 0 Å². The van der Waals surface area contributed by atoms with Gasteiger partial charge in [0.15, 0.2) is 5.78 Å². The number of Topliss-reactive ketones (excluding diaryl/α,β-unsaturated/α-hetero) is 1. The summed E-state index contributed by atoms with van der Waals surface area (Å²) in [6.45, 7) is 3.90. The Labute approximate surface area is 73.5 Å². The van der Waals surface area contributed by atoms with Gasteiger partial charge in [0.1, 0.15) is 5.71 Å². The quantitative estimate of drug-likeness (QED) is 0.288. The lowest BCUT2D eigenvalue weighted by atomic mass is 10.1. The second kappa shape index (κ2) is 6.83. The molecule has 0 rings (SSSR count). The van der Waals surface area contributed by atoms with E-state index in [-0.39, 0.29) is 5.78 Å². The van der Waals surface area contributed by atoms with Crippen molar-refractivity contribution < 1.29 is 10.0 Å². The lowest BCUT2D eigenvalue weighted by Gasteiger charge is -1.99. The molecule has 0 aliphatic heterocycles. The summed E-state index contributed by atoms with van der Waals surface area (Å²) in [5, 5.41) is 11.4. The summed E-state index contributed by atoms with van der Waals surface area (Å²) in [5.74, 6) is -0.0200. The average molecular weight is 171 g/mol. The van der Waals surface area contributed by atoms with Gasteiger partial charge < -0.3 is 5.21 Å². The van der Waals surface area contributed by atoms with E-state index in [1.165, 1.54) is 0 Å². The van der Waals surface area contributed by atoms with E-state index >= 15 is 0 Å². The van der Waals surface area contributed by atoms with Gasteiger partial charge in [0.2, 0.25) is 0 Å². The Hall–Kier alpha value is -0.860. The number of ketones is 1. The normalized spacial score (nSPS) is 11.7. The first-order valence-electron chi connectivity index (χ1n) is 4.50. The molecule has 0 aromatic heterocycles. The number of rotatable bonds is 6. The van der Waals surface area contributed by atoms with Gasteiger partial charge in [-0.1, -0.05) is 31.8 Å². The van der Waals surface area contributed by atoms with Crippen molar-refractivity contribution in [2.45, 2.75) is 46.0 Å². The van der Waals surface area contributed by atoms with E-state index in [1.54, 1.807) is 0 Å². The van der Waals surface area contributed by atoms with Crippen molar-refractivity contribution in [1.29, 1.82) is 0 Å². The van der Waals surface area contributed by atoms with Crippen LogP contribution >= 0.6 is 0 Å². The van der Waals surface area contributed by atoms with Gasteiger partial charge in [0.05, 0.1) is 0 Å². The van der Waals surface area contributed by atoms with Crippen molar-refractivity contribution in [3.05, 3.63) is 0 Å². The zero-order valence-electron chi connectivity index (χ0n) is 7.84. The van der Waals surface area contributed by atoms with Gasteiger partial charge >= 0.3 is 0 Å². The molecule has 12 heavy (non-hydrogen) atoms. The van der Waals surface area contributed by atoms with Crippen LogP contribution < -0.4 is 0 Å². The van der Waals surface area contributed by atoms with Crippen molar-refractivity contribution in [2.24, 2.45) is 5.16 Å². The summed E-state index contributed by atoms with van der Waals surface area (Å²) in [5.41, 5.74) is 0.297. The highest BCUT2D eigenvalue weighted by Gasteiger charge is 2.08. The average Bonchev–Trinajstić information content (AvgIpc) is 2.07. The number of nitrogens with zero attached hydrogens (tertiary/aromatic N) is 1. The monoisotopic (exact) mass is 171 g/mol. The summed E-state index contributed by atoms with van der Waals surface area (Å²) < 4.78 is 0. The summed E-state index contributed by atoms with van der Waals surface area (Å²) in [6.07, 6.45) is 4.09. The van der Waals surface area contributed by atoms with Crippen LogP contribution in [0, 0.1) is 0 Å². The maximum absolute atomic E-state index is 11.2. The van der Waals surface area contributed by atoms with Gasteiger partial charge in [0, 0.05) is 6.42 Å². The molecule has 0 aliphatic rings. The molecule has 0 saturated carbocycles. The zero-order valence-corrected chi connectivity index (χ0v) is 7.84. The minimum Gasteiger partial charge on any atom is -0.411 e. The molecule has 0 aromatic rings. The second-order valence-electron chi connectivity index (χ2n) is 2.78. The smallest absolute Gasteiger partial charge is 0.180 e. The highest BCUT2D eigenvalue weighted by molar-refractivity contribution is 6.39. The maximum Gasteiger partial charge on any atom is 0.180 e. The SMILES string of the molecule is CCCCCC(=O)C(CC)=NO. The number of hydrogen-bond donors (Lipinski definition) is 1. The number of unbranched alkanes of at least 4 members (excludes halogenated alkanes) is 2. The van der Waals surface area contributed by atoms with Crippen molar-refractivity contribution in [3.8, 4) is 0 Å². The minimum atomic E-state index is -0.0200. The molecule has 0 unspecified atom stereocenters. The molecule has 0 saturated heterocycles. The number of carbonyl (C=O) groups is 1. The first kappa shape index (κ1) is 11.1. The third-order valence-electron chi connectivity index (χ3n) is 1.78. The van der Waals surface area contributed by atoms with Crippen molar-refractivity contribution >= 4 is 11.5 Å². The van der Waals surface area contributed by atoms with E-state index < -0.39 is 0 Å². The van der Waals surface area contributed by atoms with Crippen molar-refractivity contribution in [2.75, 3.05) is 0 Å². The van der Waals surface area contributed by atoms with E-state index in [4.69, 9.17) is 5.21 Å². The summed E-state index contributed by atoms with van der Waals surface area (Å²) in [6, 6.07) is 0. The molecule has 0 heterocycles. The summed E-state index contributed by atoms with van der Waals surface area (Å²) in [4.78, 5) is 11.2. The third kappa shape index (κ3) is 4.11. The van der Waals surface area contributed by atoms with Crippen LogP contribution in [-0.2, 0) is 4.79 Å². The van der Waals surface area contributed by atoms with Crippen LogP contribution in [0.1, 0.15) is 46.0 Å². The fraction of sp³-hybridized carbons (Fsp3) is 0.778. The van der Waals surface area contributed by atoms with E-state index in [1.807, 2.05) is 6.92 Å². The minimum absolute atomic E-state index is 0.0200. The number of carbonyl (C=O) groups excluding carboxylic acids is 1. The Morgan fingerprint density at radius 3 is 2.42 bits per heavy atom. The molecule has 0 atom stereocenters. The Morgan fingerprint density at radius 1 is 1.33 bits per heavy atom. The molecule has 3 nitrogen and oxygen atoms in total. The van der Waals surface area contributed by atoms with Crippen LogP contribution in [-0.4, -0.2) is 16.7 Å². The number of oxime groups is 1. The molecule has 0 aliphatic carbocycles. The highest BCUT2D eigenvalue weighted by atomic mass is 16.4. The standard InChI is InChI=1S/C9H17NO2/c1-3-5-6-7-9(11)8(4-2)10-12/h12H,3-7H2,1-2H3. The van der Waals surface area contributed by atoms with Crippen LogP contribution in [0.5, 0.6) is 0 Å². The number of hydrogen-bond acceptors (Lipinski definition) is 3. The molecular weight excluding hydrogens is 154 g/mol. The Morgan fingerprint density at radius 2 is 2.00 bits per heavy atom. The molecule has 3 heteroatoms. The molecule has 0 bridgehead atoms. The molecule has 0 fully saturated rings. The Balaban J connectivity index is 3.71. The van der Waals surface area contributed by atoms with Crippen LogP contribution in [0.15, 0.2) is 5.16 Å². The summed E-state index contributed by atoms with van der Waals surface area (Å²) >= 11 is 0. The molecule has 70 valence electrons. The van der Waals surface area contributed by atoms with Crippen molar-refractivity contribution in [1.82, 2.24) is 0 Å². The van der Waals surface area contributed by atoms with Gasteiger partial charge in [-0.05, 0) is 12.8 Å². The van der Waals surface area contributed by atoms with E-state index in [0.29, 0.717) is 18.6 Å². The predicted molar refractivity (Wildman–Crippen MR) is 48.7 cm³/mol. The van der Waals surface area contributed by atoms with Crippen LogP contribution in [0.4, 0.5) is 0 Å². The van der Waals surface area contributed by atoms with Gasteiger partial charge in [-0.2, -0.15) is 0 Å². The highest BCUT2D eigenvalue weighted by Crippen LogP contribution is 2.02. The van der Waals surface area contributed by atoms with E-state index in [0.717, 1.165) is 19.3 Å². The first-order valence-corrected chi connectivity index (χ1v) is 4.50. The second-order valence-corrected chi connectivity index (χ2v) is 2.78. The fourth-order valence-corrected chi connectivity index (χ4v) is 1.00. The van der Waals surface area contributed by atoms with Gasteiger partial charge in [-0.25, -0.2) is 0 Å². The third-order valence-corrected chi connectivity index (χ3v) is 1.78. The van der Waals surface area contributed by atoms with Crippen LogP contribution in [0.2, 0.25) is 0 Å². The Kier molecular flexibility index (Phi) is 6.34. The molecular formula is C9H17NO2. The Bertz CT molecular complexity index is 164. The first-order chi connectivity index (χ1) is 5.76. The van der Waals surface area contributed by atoms with Crippen LogP contribution in [0.3, 0.4) is 0 Å². The van der Waals surface area contributed by atoms with Gasteiger partial charge in [-0.15, -0.1) is 0 Å². The van der Waals surface area contributed by atoms with E-state index in [2.05, 4.69) is 12.1 Å². The molecule has 0 radical (unpaired) electrons.